The van der Waals surface area contributed by atoms with Gasteiger partial charge in [0.05, 0.1) is 7.11 Å². The molecule has 28 heavy (non-hydrogen) atoms. The quantitative estimate of drug-likeness (QED) is 0.463. The van der Waals surface area contributed by atoms with Crippen molar-refractivity contribution in [2.45, 2.75) is 13.0 Å². The minimum atomic E-state index is -0.289. The highest BCUT2D eigenvalue weighted by Gasteiger charge is 2.13. The molecule has 5 heteroatoms. The van der Waals surface area contributed by atoms with Crippen LogP contribution in [0.2, 0.25) is 0 Å². The molecule has 2 aromatic heterocycles. The van der Waals surface area contributed by atoms with Crippen molar-refractivity contribution in [1.29, 1.82) is 0 Å². The number of nitrogens with one attached hydrogen (secondary N) is 1. The third-order valence-corrected chi connectivity index (χ3v) is 4.58. The Hall–Kier alpha value is -3.18. The van der Waals surface area contributed by atoms with Crippen LogP contribution in [0.15, 0.2) is 71.3 Å². The minimum Gasteiger partial charge on any atom is -0.493 e. The molecule has 2 heterocycles. The fourth-order valence-corrected chi connectivity index (χ4v) is 3.21. The lowest BCUT2D eigenvalue weighted by molar-refractivity contribution is 0.410. The van der Waals surface area contributed by atoms with Gasteiger partial charge in [0.1, 0.15) is 11.6 Å². The van der Waals surface area contributed by atoms with Crippen LogP contribution < -0.4 is 10.1 Å². The number of ether oxygens (including phenoxy) is 1. The first-order valence-corrected chi connectivity index (χ1v) is 9.20. The van der Waals surface area contributed by atoms with Crippen molar-refractivity contribution < 1.29 is 13.5 Å². The van der Waals surface area contributed by atoms with Crippen LogP contribution in [-0.2, 0) is 13.0 Å². The maximum absolute atomic E-state index is 13.5. The molecule has 0 amide bonds. The van der Waals surface area contributed by atoms with Crippen LogP contribution >= 0.6 is 0 Å². The summed E-state index contributed by atoms with van der Waals surface area (Å²) in [6, 6.07) is 18.3. The molecule has 0 atom stereocenters. The highest BCUT2D eigenvalue weighted by atomic mass is 19.1. The lowest BCUT2D eigenvalue weighted by atomic mass is 10.1. The van der Waals surface area contributed by atoms with E-state index in [1.807, 2.05) is 42.6 Å². The van der Waals surface area contributed by atoms with Gasteiger partial charge in [-0.2, -0.15) is 0 Å². The maximum Gasteiger partial charge on any atom is 0.176 e. The zero-order chi connectivity index (χ0) is 19.3. The van der Waals surface area contributed by atoms with Gasteiger partial charge < -0.3 is 14.5 Å². The van der Waals surface area contributed by atoms with Gasteiger partial charge in [0.25, 0.3) is 0 Å². The Morgan fingerprint density at radius 1 is 1.07 bits per heavy atom. The van der Waals surface area contributed by atoms with Crippen molar-refractivity contribution >= 4 is 11.0 Å². The molecule has 0 fully saturated rings. The fourth-order valence-electron chi connectivity index (χ4n) is 3.21. The van der Waals surface area contributed by atoms with E-state index in [4.69, 9.17) is 9.15 Å². The predicted octanol–water partition coefficient (Wildman–Crippen LogP) is 4.97. The molecule has 0 radical (unpaired) electrons. The van der Waals surface area contributed by atoms with Crippen LogP contribution in [0, 0.1) is 5.82 Å². The summed E-state index contributed by atoms with van der Waals surface area (Å²) in [6.45, 7) is 1.54. The van der Waals surface area contributed by atoms with Gasteiger partial charge in [-0.3, -0.25) is 4.98 Å². The zero-order valence-electron chi connectivity index (χ0n) is 15.6. The third kappa shape index (κ3) is 4.05. The number of halogens is 1. The van der Waals surface area contributed by atoms with E-state index in [0.717, 1.165) is 29.6 Å². The second kappa shape index (κ2) is 8.23. The largest absolute Gasteiger partial charge is 0.493 e. The molecule has 142 valence electrons. The van der Waals surface area contributed by atoms with E-state index < -0.39 is 0 Å². The number of pyridine rings is 1. The second-order valence-corrected chi connectivity index (χ2v) is 6.59. The Morgan fingerprint density at radius 2 is 2.00 bits per heavy atom. The number of hydrogen-bond donors (Lipinski definition) is 1. The van der Waals surface area contributed by atoms with Crippen molar-refractivity contribution in [3.63, 3.8) is 0 Å². The number of rotatable bonds is 7. The second-order valence-electron chi connectivity index (χ2n) is 6.59. The first kappa shape index (κ1) is 18.2. The Kier molecular flexibility index (Phi) is 5.35. The first-order chi connectivity index (χ1) is 13.7. The van der Waals surface area contributed by atoms with Crippen molar-refractivity contribution in [2.75, 3.05) is 13.7 Å². The molecule has 0 saturated carbocycles. The number of nitrogens with zero attached hydrogens (tertiary/aromatic N) is 1. The van der Waals surface area contributed by atoms with Gasteiger partial charge in [0.15, 0.2) is 11.3 Å². The SMILES string of the molecule is COc1cc(CNCCc2ccccn2)cc2cc(-c3cccc(F)c3)oc12. The summed E-state index contributed by atoms with van der Waals surface area (Å²) in [4.78, 5) is 4.33. The Morgan fingerprint density at radius 3 is 2.79 bits per heavy atom. The lowest BCUT2D eigenvalue weighted by Gasteiger charge is -2.07. The molecule has 2 aromatic carbocycles. The number of hydrogen-bond acceptors (Lipinski definition) is 4. The first-order valence-electron chi connectivity index (χ1n) is 9.20. The Labute approximate surface area is 163 Å². The number of aromatic nitrogens is 1. The van der Waals surface area contributed by atoms with Crippen LogP contribution in [-0.4, -0.2) is 18.6 Å². The summed E-state index contributed by atoms with van der Waals surface area (Å²) < 4.78 is 25.0. The summed E-state index contributed by atoms with van der Waals surface area (Å²) >= 11 is 0. The molecule has 0 aliphatic rings. The molecule has 0 saturated heterocycles. The maximum atomic E-state index is 13.5. The molecular weight excluding hydrogens is 355 g/mol. The van der Waals surface area contributed by atoms with Crippen LogP contribution in [0.1, 0.15) is 11.3 Å². The van der Waals surface area contributed by atoms with E-state index in [9.17, 15) is 4.39 Å². The van der Waals surface area contributed by atoms with Crippen LogP contribution in [0.5, 0.6) is 5.75 Å². The van der Waals surface area contributed by atoms with Crippen LogP contribution in [0.25, 0.3) is 22.3 Å². The van der Waals surface area contributed by atoms with Gasteiger partial charge in [0, 0.05) is 42.4 Å². The highest BCUT2D eigenvalue weighted by Crippen LogP contribution is 2.34. The topological polar surface area (TPSA) is 47.3 Å². The van der Waals surface area contributed by atoms with E-state index in [2.05, 4.69) is 16.4 Å². The van der Waals surface area contributed by atoms with E-state index in [1.54, 1.807) is 13.2 Å². The number of fused-ring (bicyclic) bond motifs is 1. The number of benzene rings is 2. The summed E-state index contributed by atoms with van der Waals surface area (Å²) in [5, 5.41) is 4.37. The normalized spacial score (nSPS) is 11.1. The Balaban J connectivity index is 1.51. The molecule has 1 N–H and O–H groups in total. The standard InChI is InChI=1S/C23H21FN2O2/c1-27-22-12-16(15-25-10-8-20-7-2-3-9-26-20)11-18-14-21(28-23(18)22)17-5-4-6-19(24)13-17/h2-7,9,11-14,25H,8,10,15H2,1H3. The van der Waals surface area contributed by atoms with E-state index in [0.29, 0.717) is 29.2 Å². The number of methoxy groups -OCH3 is 1. The molecule has 0 aliphatic heterocycles. The van der Waals surface area contributed by atoms with E-state index >= 15 is 0 Å². The smallest absolute Gasteiger partial charge is 0.176 e. The van der Waals surface area contributed by atoms with E-state index in [-0.39, 0.29) is 5.82 Å². The zero-order valence-corrected chi connectivity index (χ0v) is 15.6. The summed E-state index contributed by atoms with van der Waals surface area (Å²) in [5.74, 6) is 0.998. The summed E-state index contributed by atoms with van der Waals surface area (Å²) in [7, 11) is 1.62. The predicted molar refractivity (Wildman–Crippen MR) is 108 cm³/mol. The minimum absolute atomic E-state index is 0.289. The molecule has 4 rings (SSSR count). The van der Waals surface area contributed by atoms with Gasteiger partial charge in [-0.1, -0.05) is 18.2 Å². The van der Waals surface area contributed by atoms with Crippen molar-refractivity contribution in [3.05, 3.63) is 83.9 Å². The van der Waals surface area contributed by atoms with Crippen molar-refractivity contribution in [3.8, 4) is 17.1 Å². The van der Waals surface area contributed by atoms with Gasteiger partial charge in [-0.25, -0.2) is 4.39 Å². The summed E-state index contributed by atoms with van der Waals surface area (Å²) in [6.07, 6.45) is 2.68. The van der Waals surface area contributed by atoms with Crippen LogP contribution in [0.3, 0.4) is 0 Å². The summed E-state index contributed by atoms with van der Waals surface area (Å²) in [5.41, 5.74) is 3.53. The van der Waals surface area contributed by atoms with Gasteiger partial charge in [-0.15, -0.1) is 0 Å². The average Bonchev–Trinajstić information content (AvgIpc) is 3.16. The lowest BCUT2D eigenvalue weighted by Crippen LogP contribution is -2.17. The van der Waals surface area contributed by atoms with Gasteiger partial charge in [-0.05, 0) is 48.0 Å². The average molecular weight is 376 g/mol. The fraction of sp³-hybridized carbons (Fsp3) is 0.174. The highest BCUT2D eigenvalue weighted by molar-refractivity contribution is 5.88. The van der Waals surface area contributed by atoms with Crippen molar-refractivity contribution in [2.24, 2.45) is 0 Å². The molecule has 0 aliphatic carbocycles. The van der Waals surface area contributed by atoms with Gasteiger partial charge >= 0.3 is 0 Å². The van der Waals surface area contributed by atoms with Crippen LogP contribution in [0.4, 0.5) is 4.39 Å². The molecule has 0 unspecified atom stereocenters. The molecule has 4 nitrogen and oxygen atoms in total. The van der Waals surface area contributed by atoms with Crippen molar-refractivity contribution in [1.82, 2.24) is 10.3 Å². The molecule has 4 aromatic rings. The monoisotopic (exact) mass is 376 g/mol. The Bertz CT molecular complexity index is 1080. The van der Waals surface area contributed by atoms with E-state index in [1.165, 1.54) is 12.1 Å². The molecular formula is C23H21FN2O2. The number of furan rings is 1. The third-order valence-electron chi connectivity index (χ3n) is 4.58. The molecule has 0 spiro atoms. The molecule has 0 bridgehead atoms. The van der Waals surface area contributed by atoms with Gasteiger partial charge in [0.2, 0.25) is 0 Å².